The average Bonchev–Trinajstić information content (AvgIpc) is 3.11. The van der Waals surface area contributed by atoms with Crippen LogP contribution in [0.2, 0.25) is 0 Å². The number of aliphatic hydroxyl groups is 1. The van der Waals surface area contributed by atoms with Gasteiger partial charge < -0.3 is 19.1 Å². The Morgan fingerprint density at radius 1 is 1.07 bits per heavy atom. The molecule has 0 saturated heterocycles. The topological polar surface area (TPSA) is 59.7 Å². The molecule has 1 N–H and O–H groups in total. The van der Waals surface area contributed by atoms with E-state index >= 15 is 0 Å². The van der Waals surface area contributed by atoms with Gasteiger partial charge in [0.1, 0.15) is 30.2 Å². The van der Waals surface area contributed by atoms with E-state index in [9.17, 15) is 9.90 Å². The van der Waals surface area contributed by atoms with Crippen LogP contribution in [0.15, 0.2) is 59.0 Å². The van der Waals surface area contributed by atoms with Gasteiger partial charge in [-0.25, -0.2) is 0 Å². The van der Waals surface area contributed by atoms with Crippen molar-refractivity contribution in [3.05, 3.63) is 77.0 Å². The Hall–Kier alpha value is -2.85. The van der Waals surface area contributed by atoms with Crippen molar-refractivity contribution >= 4 is 6.29 Å². The molecule has 0 amide bonds. The second-order valence-corrected chi connectivity index (χ2v) is 7.80. The predicted octanol–water partition coefficient (Wildman–Crippen LogP) is 5.09. The van der Waals surface area contributed by atoms with Gasteiger partial charge in [-0.1, -0.05) is 55.8 Å². The standard InChI is InChI=1S/C24H26O4/c1-17-4-8-19(9-5-17)22-12-20(14-25)23(28-22)15-27-21-10-6-18(7-11-21)13-24(2,3)16-26/h4-12,16,25H,13-15H2,1-3H3. The molecule has 4 heteroatoms. The smallest absolute Gasteiger partial charge is 0.147 e. The SMILES string of the molecule is Cc1ccc(-c2cc(CO)c(COc3ccc(CC(C)(C)C=O)cc3)o2)cc1. The van der Waals surface area contributed by atoms with Gasteiger partial charge >= 0.3 is 0 Å². The van der Waals surface area contributed by atoms with Gasteiger partial charge in [0.15, 0.2) is 0 Å². The number of hydrogen-bond donors (Lipinski definition) is 1. The van der Waals surface area contributed by atoms with E-state index in [1.807, 2.05) is 75.4 Å². The Kier molecular flexibility index (Phi) is 6.00. The summed E-state index contributed by atoms with van der Waals surface area (Å²) in [5, 5.41) is 9.64. The molecule has 2 aromatic carbocycles. The molecule has 0 aliphatic carbocycles. The maximum absolute atomic E-state index is 11.1. The first-order valence-electron chi connectivity index (χ1n) is 9.38. The molecule has 1 heterocycles. The van der Waals surface area contributed by atoms with Crippen LogP contribution in [0.3, 0.4) is 0 Å². The summed E-state index contributed by atoms with van der Waals surface area (Å²) in [5.41, 5.74) is 3.58. The number of ether oxygens (including phenoxy) is 1. The molecule has 0 radical (unpaired) electrons. The number of carbonyl (C=O) groups is 1. The molecule has 0 spiro atoms. The van der Waals surface area contributed by atoms with E-state index in [-0.39, 0.29) is 18.6 Å². The summed E-state index contributed by atoms with van der Waals surface area (Å²) in [7, 11) is 0. The number of carbonyl (C=O) groups excluding carboxylic acids is 1. The van der Waals surface area contributed by atoms with Crippen molar-refractivity contribution in [2.75, 3.05) is 0 Å². The van der Waals surface area contributed by atoms with E-state index in [2.05, 4.69) is 0 Å². The monoisotopic (exact) mass is 378 g/mol. The molecule has 0 aliphatic heterocycles. The lowest BCUT2D eigenvalue weighted by molar-refractivity contribution is -0.114. The van der Waals surface area contributed by atoms with Gasteiger partial charge in [0.2, 0.25) is 0 Å². The molecule has 146 valence electrons. The summed E-state index contributed by atoms with van der Waals surface area (Å²) in [6, 6.07) is 17.6. The Morgan fingerprint density at radius 3 is 2.36 bits per heavy atom. The fourth-order valence-electron chi connectivity index (χ4n) is 3.00. The molecule has 0 fully saturated rings. The van der Waals surface area contributed by atoms with Crippen LogP contribution in [-0.4, -0.2) is 11.4 Å². The lowest BCUT2D eigenvalue weighted by Gasteiger charge is -2.16. The largest absolute Gasteiger partial charge is 0.486 e. The molecule has 1 aromatic heterocycles. The van der Waals surface area contributed by atoms with Gasteiger partial charge in [-0.2, -0.15) is 0 Å². The highest BCUT2D eigenvalue weighted by Gasteiger charge is 2.17. The van der Waals surface area contributed by atoms with Crippen LogP contribution in [0.4, 0.5) is 0 Å². The second kappa shape index (κ2) is 8.44. The normalized spacial score (nSPS) is 11.4. The Morgan fingerprint density at radius 2 is 1.75 bits per heavy atom. The summed E-state index contributed by atoms with van der Waals surface area (Å²) >= 11 is 0. The van der Waals surface area contributed by atoms with E-state index in [4.69, 9.17) is 9.15 Å². The maximum atomic E-state index is 11.1. The van der Waals surface area contributed by atoms with Gasteiger partial charge in [-0.05, 0) is 37.1 Å². The molecule has 0 unspecified atom stereocenters. The third-order valence-electron chi connectivity index (χ3n) is 4.68. The Bertz CT molecular complexity index is 918. The second-order valence-electron chi connectivity index (χ2n) is 7.80. The highest BCUT2D eigenvalue weighted by atomic mass is 16.5. The number of furan rings is 1. The zero-order valence-corrected chi connectivity index (χ0v) is 16.6. The third kappa shape index (κ3) is 4.90. The molecule has 3 aromatic rings. The first kappa shape index (κ1) is 19.9. The Labute approximate surface area is 165 Å². The van der Waals surface area contributed by atoms with Crippen molar-refractivity contribution in [1.82, 2.24) is 0 Å². The first-order valence-corrected chi connectivity index (χ1v) is 9.38. The minimum Gasteiger partial charge on any atom is -0.486 e. The summed E-state index contributed by atoms with van der Waals surface area (Å²) in [4.78, 5) is 11.1. The summed E-state index contributed by atoms with van der Waals surface area (Å²) in [6.07, 6.45) is 1.67. The highest BCUT2D eigenvalue weighted by Crippen LogP contribution is 2.28. The van der Waals surface area contributed by atoms with E-state index in [0.717, 1.165) is 23.0 Å². The van der Waals surface area contributed by atoms with Crippen molar-refractivity contribution in [3.63, 3.8) is 0 Å². The lowest BCUT2D eigenvalue weighted by atomic mass is 9.87. The van der Waals surface area contributed by atoms with Gasteiger partial charge in [0, 0.05) is 16.5 Å². The van der Waals surface area contributed by atoms with Crippen LogP contribution in [0.5, 0.6) is 5.75 Å². The predicted molar refractivity (Wildman–Crippen MR) is 109 cm³/mol. The van der Waals surface area contributed by atoms with Gasteiger partial charge in [0.05, 0.1) is 6.61 Å². The number of rotatable bonds is 8. The van der Waals surface area contributed by atoms with Crippen LogP contribution in [-0.2, 0) is 24.4 Å². The number of aldehydes is 1. The van der Waals surface area contributed by atoms with Crippen LogP contribution in [0.1, 0.15) is 36.3 Å². The fraction of sp³-hybridized carbons (Fsp3) is 0.292. The molecular formula is C24H26O4. The average molecular weight is 378 g/mol. The molecule has 0 aliphatic rings. The fourth-order valence-corrected chi connectivity index (χ4v) is 3.00. The lowest BCUT2D eigenvalue weighted by Crippen LogP contribution is -2.16. The quantitative estimate of drug-likeness (QED) is 0.555. The molecule has 4 nitrogen and oxygen atoms in total. The minimum atomic E-state index is -0.376. The summed E-state index contributed by atoms with van der Waals surface area (Å²) < 4.78 is 11.8. The highest BCUT2D eigenvalue weighted by molar-refractivity contribution is 5.59. The first-order chi connectivity index (χ1) is 13.4. The summed E-state index contributed by atoms with van der Waals surface area (Å²) in [6.45, 7) is 6.01. The van der Waals surface area contributed by atoms with Gasteiger partial charge in [-0.15, -0.1) is 0 Å². The van der Waals surface area contributed by atoms with E-state index in [1.165, 1.54) is 5.56 Å². The van der Waals surface area contributed by atoms with E-state index < -0.39 is 0 Å². The Balaban J connectivity index is 1.68. The molecule has 0 atom stereocenters. The van der Waals surface area contributed by atoms with E-state index in [0.29, 0.717) is 23.7 Å². The van der Waals surface area contributed by atoms with E-state index in [1.54, 1.807) is 0 Å². The van der Waals surface area contributed by atoms with Crippen LogP contribution < -0.4 is 4.74 Å². The van der Waals surface area contributed by atoms with Crippen molar-refractivity contribution in [2.24, 2.45) is 5.41 Å². The summed E-state index contributed by atoms with van der Waals surface area (Å²) in [5.74, 6) is 2.04. The zero-order valence-electron chi connectivity index (χ0n) is 16.6. The molecule has 28 heavy (non-hydrogen) atoms. The number of hydrogen-bond acceptors (Lipinski definition) is 4. The molecule has 0 bridgehead atoms. The molecule has 3 rings (SSSR count). The molecule has 0 saturated carbocycles. The van der Waals surface area contributed by atoms with Crippen molar-refractivity contribution in [3.8, 4) is 17.1 Å². The van der Waals surface area contributed by atoms with Crippen molar-refractivity contribution in [1.29, 1.82) is 0 Å². The number of aryl methyl sites for hydroxylation is 1. The maximum Gasteiger partial charge on any atom is 0.147 e. The van der Waals surface area contributed by atoms with Crippen LogP contribution >= 0.6 is 0 Å². The number of aliphatic hydroxyl groups excluding tert-OH is 1. The third-order valence-corrected chi connectivity index (χ3v) is 4.68. The van der Waals surface area contributed by atoms with Gasteiger partial charge in [-0.3, -0.25) is 0 Å². The van der Waals surface area contributed by atoms with Crippen molar-refractivity contribution in [2.45, 2.75) is 40.4 Å². The minimum absolute atomic E-state index is 0.103. The van der Waals surface area contributed by atoms with Crippen molar-refractivity contribution < 1.29 is 19.1 Å². The van der Waals surface area contributed by atoms with Gasteiger partial charge in [0.25, 0.3) is 0 Å². The number of benzene rings is 2. The molecular weight excluding hydrogens is 352 g/mol. The van der Waals surface area contributed by atoms with Crippen LogP contribution in [0.25, 0.3) is 11.3 Å². The zero-order chi connectivity index (χ0) is 20.1. The van der Waals surface area contributed by atoms with Crippen LogP contribution in [0, 0.1) is 12.3 Å².